The van der Waals surface area contributed by atoms with Gasteiger partial charge in [-0.3, -0.25) is 0 Å². The van der Waals surface area contributed by atoms with E-state index in [-0.39, 0.29) is 60.2 Å². The average molecular weight is 558 g/mol. The van der Waals surface area contributed by atoms with Gasteiger partial charge in [-0.1, -0.05) is 60.5 Å². The van der Waals surface area contributed by atoms with Crippen LogP contribution < -0.4 is 34.0 Å². The molecule has 3 aromatic rings. The van der Waals surface area contributed by atoms with Gasteiger partial charge in [0.25, 0.3) is 0 Å². The SMILES string of the molecule is CCCc1cc2ccccc2[cH-]1.CC[c-]1c(C)c(C)c(C)c1C.[Br-].[Br-].[Zr+4]. The molecule has 0 saturated heterocycles. The maximum atomic E-state index is 2.29. The van der Waals surface area contributed by atoms with Gasteiger partial charge in [0, 0.05) is 0 Å². The molecule has 140 valence electrons. The van der Waals surface area contributed by atoms with Crippen LogP contribution in [0.3, 0.4) is 0 Å². The molecule has 0 N–H and O–H groups in total. The van der Waals surface area contributed by atoms with Gasteiger partial charge in [0.05, 0.1) is 0 Å². The Labute approximate surface area is 200 Å². The Morgan fingerprint density at radius 2 is 1.42 bits per heavy atom. The minimum absolute atomic E-state index is 0. The van der Waals surface area contributed by atoms with Crippen molar-refractivity contribution in [3.05, 3.63) is 69.8 Å². The van der Waals surface area contributed by atoms with Crippen molar-refractivity contribution in [3.63, 3.8) is 0 Å². The molecule has 3 aromatic carbocycles. The van der Waals surface area contributed by atoms with Gasteiger partial charge in [0.1, 0.15) is 0 Å². The first-order chi connectivity index (χ1) is 11.0. The van der Waals surface area contributed by atoms with E-state index in [0.717, 1.165) is 0 Å². The van der Waals surface area contributed by atoms with Crippen molar-refractivity contribution in [1.82, 2.24) is 0 Å². The Hall–Kier alpha value is 0.0231. The molecule has 0 saturated carbocycles. The molecule has 3 heteroatoms. The molecule has 0 aromatic heterocycles. The van der Waals surface area contributed by atoms with E-state index in [1.807, 2.05) is 0 Å². The normalized spacial score (nSPS) is 9.46. The molecule has 0 aliphatic heterocycles. The van der Waals surface area contributed by atoms with Crippen molar-refractivity contribution in [2.45, 2.75) is 60.8 Å². The Balaban J connectivity index is 0. The summed E-state index contributed by atoms with van der Waals surface area (Å²) in [6.45, 7) is 13.3. The van der Waals surface area contributed by atoms with Gasteiger partial charge in [-0.25, -0.2) is 0 Å². The van der Waals surface area contributed by atoms with Crippen LogP contribution in [0.5, 0.6) is 0 Å². The summed E-state index contributed by atoms with van der Waals surface area (Å²) < 4.78 is 0. The number of rotatable bonds is 3. The molecule has 0 bridgehead atoms. The van der Waals surface area contributed by atoms with Crippen LogP contribution in [0.25, 0.3) is 10.8 Å². The van der Waals surface area contributed by atoms with E-state index in [0.29, 0.717) is 0 Å². The predicted molar refractivity (Wildman–Crippen MR) is 104 cm³/mol. The monoisotopic (exact) mass is 554 g/mol. The topological polar surface area (TPSA) is 0 Å². The van der Waals surface area contributed by atoms with Gasteiger partial charge >= 0.3 is 26.2 Å². The molecular formula is C23H30Br2Zr. The maximum absolute atomic E-state index is 2.29. The Morgan fingerprint density at radius 1 is 0.885 bits per heavy atom. The second-order valence-corrected chi connectivity index (χ2v) is 6.57. The summed E-state index contributed by atoms with van der Waals surface area (Å²) in [5.74, 6) is 0. The fourth-order valence-corrected chi connectivity index (χ4v) is 3.47. The molecule has 0 radical (unpaired) electrons. The minimum atomic E-state index is 0. The summed E-state index contributed by atoms with van der Waals surface area (Å²) in [7, 11) is 0. The second-order valence-electron chi connectivity index (χ2n) is 6.57. The maximum Gasteiger partial charge on any atom is 4.00 e. The van der Waals surface area contributed by atoms with Crippen LogP contribution in [0.4, 0.5) is 0 Å². The molecule has 0 fully saturated rings. The van der Waals surface area contributed by atoms with E-state index >= 15 is 0 Å². The van der Waals surface area contributed by atoms with Gasteiger partial charge in [0.15, 0.2) is 0 Å². The average Bonchev–Trinajstić information content (AvgIpc) is 3.04. The summed E-state index contributed by atoms with van der Waals surface area (Å²) in [5, 5.41) is 2.75. The minimum Gasteiger partial charge on any atom is -1.00 e. The van der Waals surface area contributed by atoms with Crippen molar-refractivity contribution in [2.24, 2.45) is 0 Å². The largest absolute Gasteiger partial charge is 4.00 e. The quantitative estimate of drug-likeness (QED) is 0.417. The number of fused-ring (bicyclic) bond motifs is 1. The van der Waals surface area contributed by atoms with Gasteiger partial charge in [-0.2, -0.15) is 33.9 Å². The zero-order valence-electron chi connectivity index (χ0n) is 16.8. The Morgan fingerprint density at radius 3 is 1.85 bits per heavy atom. The summed E-state index contributed by atoms with van der Waals surface area (Å²) >= 11 is 0. The molecule has 0 aliphatic carbocycles. The van der Waals surface area contributed by atoms with Crippen LogP contribution in [-0.2, 0) is 39.0 Å². The van der Waals surface area contributed by atoms with E-state index in [4.69, 9.17) is 0 Å². The predicted octanol–water partition coefficient (Wildman–Crippen LogP) is 0.718. The van der Waals surface area contributed by atoms with E-state index in [1.165, 1.54) is 57.9 Å². The fourth-order valence-electron chi connectivity index (χ4n) is 3.47. The summed E-state index contributed by atoms with van der Waals surface area (Å²) in [4.78, 5) is 0. The van der Waals surface area contributed by atoms with Gasteiger partial charge in [-0.05, 0) is 6.42 Å². The fraction of sp³-hybridized carbons (Fsp3) is 0.391. The summed E-state index contributed by atoms with van der Waals surface area (Å²) in [5.41, 5.74) is 9.00. The molecule has 0 unspecified atom stereocenters. The first-order valence-electron chi connectivity index (χ1n) is 8.85. The third kappa shape index (κ3) is 6.57. The van der Waals surface area contributed by atoms with Crippen LogP contribution >= 0.6 is 0 Å². The molecule has 3 rings (SSSR count). The third-order valence-corrected chi connectivity index (χ3v) is 5.16. The molecule has 0 nitrogen and oxygen atoms in total. The van der Waals surface area contributed by atoms with Crippen molar-refractivity contribution in [3.8, 4) is 0 Å². The number of hydrogen-bond donors (Lipinski definition) is 0. The smallest absolute Gasteiger partial charge is 1.00 e. The van der Waals surface area contributed by atoms with Gasteiger partial charge in [0.2, 0.25) is 0 Å². The van der Waals surface area contributed by atoms with Crippen molar-refractivity contribution in [2.75, 3.05) is 0 Å². The van der Waals surface area contributed by atoms with Crippen LogP contribution in [-0.4, -0.2) is 0 Å². The Bertz CT molecular complexity index is 722. The second kappa shape index (κ2) is 13.2. The molecular weight excluding hydrogens is 527 g/mol. The first kappa shape index (κ1) is 28.2. The summed E-state index contributed by atoms with van der Waals surface area (Å²) in [6.07, 6.45) is 3.61. The number of aryl methyl sites for hydroxylation is 1. The van der Waals surface area contributed by atoms with E-state index in [9.17, 15) is 0 Å². The third-order valence-electron chi connectivity index (χ3n) is 5.16. The number of benzene rings is 1. The van der Waals surface area contributed by atoms with Crippen molar-refractivity contribution < 1.29 is 60.2 Å². The van der Waals surface area contributed by atoms with Gasteiger partial charge in [-0.15, -0.1) is 40.6 Å². The Kier molecular flexibility index (Phi) is 14.4. The molecule has 0 aliphatic rings. The van der Waals surface area contributed by atoms with Crippen LogP contribution in [0, 0.1) is 27.7 Å². The molecule has 0 heterocycles. The van der Waals surface area contributed by atoms with E-state index in [1.54, 1.807) is 5.56 Å². The molecule has 26 heavy (non-hydrogen) atoms. The number of halogens is 2. The van der Waals surface area contributed by atoms with Crippen molar-refractivity contribution in [1.29, 1.82) is 0 Å². The number of hydrogen-bond acceptors (Lipinski definition) is 0. The molecule has 0 amide bonds. The zero-order valence-corrected chi connectivity index (χ0v) is 22.5. The van der Waals surface area contributed by atoms with Crippen LogP contribution in [0.15, 0.2) is 36.4 Å². The zero-order chi connectivity index (χ0) is 17.0. The van der Waals surface area contributed by atoms with Crippen LogP contribution in [0.1, 0.15) is 53.6 Å². The van der Waals surface area contributed by atoms with E-state index < -0.39 is 0 Å². The molecule has 0 spiro atoms. The summed E-state index contributed by atoms with van der Waals surface area (Å²) in [6, 6.07) is 13.1. The van der Waals surface area contributed by atoms with Crippen LogP contribution in [0.2, 0.25) is 0 Å². The van der Waals surface area contributed by atoms with Gasteiger partial charge < -0.3 is 34.0 Å². The molecule has 0 atom stereocenters. The first-order valence-corrected chi connectivity index (χ1v) is 8.85. The standard InChI is InChI=1S/C12H13.C11H17.2BrH.Zr/c1-2-5-10-8-11-6-3-4-7-12(11)9-10;1-6-11-9(4)7(2)8(3)10(11)5;;;/h3-4,6-9H,2,5H2,1H3;6H2,1-5H3;2*1H;/q2*-1;;;+4/p-2. The van der Waals surface area contributed by atoms with E-state index in [2.05, 4.69) is 77.9 Å². The van der Waals surface area contributed by atoms with Crippen molar-refractivity contribution >= 4 is 10.8 Å².